The Hall–Kier alpha value is -2.88. The number of rotatable bonds is 4. The molecule has 1 aliphatic rings. The van der Waals surface area contributed by atoms with E-state index in [4.69, 9.17) is 4.98 Å². The minimum Gasteiger partial charge on any atom is -0.333 e. The Bertz CT molecular complexity index is 942. The third kappa shape index (κ3) is 3.15. The van der Waals surface area contributed by atoms with Gasteiger partial charge in [0.2, 0.25) is 5.91 Å². The minimum absolute atomic E-state index is 0.0741. The summed E-state index contributed by atoms with van der Waals surface area (Å²) in [6.07, 6.45) is 6.31. The fourth-order valence-corrected chi connectivity index (χ4v) is 3.81. The number of carbonyl (C=O) groups excluding carboxylic acids is 1. The van der Waals surface area contributed by atoms with Gasteiger partial charge < -0.3 is 9.47 Å². The summed E-state index contributed by atoms with van der Waals surface area (Å²) in [6.45, 7) is 3.22. The number of fused-ring (bicyclic) bond motifs is 1. The van der Waals surface area contributed by atoms with Gasteiger partial charge in [0.15, 0.2) is 0 Å². The summed E-state index contributed by atoms with van der Waals surface area (Å²) >= 11 is 0. The van der Waals surface area contributed by atoms with Crippen LogP contribution in [0.4, 0.5) is 0 Å². The number of hydrogen-bond acceptors (Lipinski definition) is 2. The molecule has 1 saturated heterocycles. The SMILES string of the molecule is CC(=O)N1CCCC1c1nc2ccccc2n1C/C=C\c1ccccc1. The third-order valence-electron chi connectivity index (χ3n) is 5.04. The van der Waals surface area contributed by atoms with Crippen molar-refractivity contribution in [1.82, 2.24) is 14.5 Å². The van der Waals surface area contributed by atoms with Gasteiger partial charge >= 0.3 is 0 Å². The number of imidazole rings is 1. The number of nitrogens with zero attached hydrogens (tertiary/aromatic N) is 3. The molecule has 1 unspecified atom stereocenters. The van der Waals surface area contributed by atoms with Crippen LogP contribution < -0.4 is 0 Å². The molecule has 1 fully saturated rings. The van der Waals surface area contributed by atoms with Gasteiger partial charge in [0.05, 0.1) is 17.1 Å². The number of likely N-dealkylation sites (tertiary alicyclic amines) is 1. The molecular formula is C22H23N3O. The number of carbonyl (C=O) groups is 1. The monoisotopic (exact) mass is 345 g/mol. The van der Waals surface area contributed by atoms with E-state index in [1.807, 2.05) is 41.3 Å². The average molecular weight is 345 g/mol. The van der Waals surface area contributed by atoms with Crippen molar-refractivity contribution >= 4 is 23.0 Å². The Morgan fingerprint density at radius 2 is 1.92 bits per heavy atom. The third-order valence-corrected chi connectivity index (χ3v) is 5.04. The van der Waals surface area contributed by atoms with Gasteiger partial charge in [-0.25, -0.2) is 4.98 Å². The van der Waals surface area contributed by atoms with Gasteiger partial charge in [-0.2, -0.15) is 0 Å². The first-order valence-electron chi connectivity index (χ1n) is 9.18. The summed E-state index contributed by atoms with van der Waals surface area (Å²) in [5, 5.41) is 0. The van der Waals surface area contributed by atoms with E-state index >= 15 is 0 Å². The zero-order valence-electron chi connectivity index (χ0n) is 15.0. The molecule has 1 aromatic heterocycles. The Balaban J connectivity index is 1.70. The molecule has 4 heteroatoms. The highest BCUT2D eigenvalue weighted by Gasteiger charge is 2.31. The topological polar surface area (TPSA) is 38.1 Å². The number of aromatic nitrogens is 2. The molecule has 2 aromatic carbocycles. The summed E-state index contributed by atoms with van der Waals surface area (Å²) < 4.78 is 2.25. The molecule has 0 spiro atoms. The molecular weight excluding hydrogens is 322 g/mol. The van der Waals surface area contributed by atoms with Crippen molar-refractivity contribution in [2.75, 3.05) is 6.54 Å². The Morgan fingerprint density at radius 3 is 2.73 bits per heavy atom. The second-order valence-electron chi connectivity index (χ2n) is 6.75. The van der Waals surface area contributed by atoms with Crippen molar-refractivity contribution in [3.63, 3.8) is 0 Å². The molecule has 1 atom stereocenters. The predicted octanol–water partition coefficient (Wildman–Crippen LogP) is 4.43. The molecule has 1 aliphatic heterocycles. The fourth-order valence-electron chi connectivity index (χ4n) is 3.81. The van der Waals surface area contributed by atoms with E-state index in [1.54, 1.807) is 6.92 Å². The highest BCUT2D eigenvalue weighted by Crippen LogP contribution is 2.33. The maximum atomic E-state index is 12.0. The summed E-state index contributed by atoms with van der Waals surface area (Å²) in [4.78, 5) is 18.9. The van der Waals surface area contributed by atoms with Crippen LogP contribution in [0.1, 0.15) is 37.2 Å². The molecule has 4 nitrogen and oxygen atoms in total. The number of amides is 1. The van der Waals surface area contributed by atoms with Crippen molar-refractivity contribution < 1.29 is 4.79 Å². The van der Waals surface area contributed by atoms with Crippen molar-refractivity contribution in [3.05, 3.63) is 72.1 Å². The van der Waals surface area contributed by atoms with Crippen LogP contribution >= 0.6 is 0 Å². The van der Waals surface area contributed by atoms with Crippen LogP contribution in [0.5, 0.6) is 0 Å². The summed E-state index contributed by atoms with van der Waals surface area (Å²) in [5.74, 6) is 1.13. The molecule has 0 N–H and O–H groups in total. The second-order valence-corrected chi connectivity index (χ2v) is 6.75. The molecule has 4 rings (SSSR count). The standard InChI is InChI=1S/C22H23N3O/c1-17(26)24-15-8-14-21(24)22-23-19-12-5-6-13-20(19)25(22)16-7-11-18-9-3-2-4-10-18/h2-7,9-13,21H,8,14-16H2,1H3/b11-7-. The van der Waals surface area contributed by atoms with E-state index in [0.717, 1.165) is 42.8 Å². The van der Waals surface area contributed by atoms with E-state index in [0.29, 0.717) is 0 Å². The largest absolute Gasteiger partial charge is 0.333 e. The van der Waals surface area contributed by atoms with Crippen molar-refractivity contribution in [2.24, 2.45) is 0 Å². The first kappa shape index (κ1) is 16.6. The Kier molecular flexibility index (Phi) is 4.57. The minimum atomic E-state index is 0.0741. The number of allylic oxidation sites excluding steroid dienone is 1. The molecule has 0 bridgehead atoms. The van der Waals surface area contributed by atoms with Crippen molar-refractivity contribution in [3.8, 4) is 0 Å². The van der Waals surface area contributed by atoms with Crippen LogP contribution in [0.2, 0.25) is 0 Å². The quantitative estimate of drug-likeness (QED) is 0.701. The van der Waals surface area contributed by atoms with E-state index in [-0.39, 0.29) is 11.9 Å². The van der Waals surface area contributed by atoms with Gasteiger partial charge in [-0.05, 0) is 30.5 Å². The van der Waals surface area contributed by atoms with Crippen LogP contribution in [0.25, 0.3) is 17.1 Å². The smallest absolute Gasteiger partial charge is 0.220 e. The summed E-state index contributed by atoms with van der Waals surface area (Å²) in [6, 6.07) is 18.6. The Morgan fingerprint density at radius 1 is 1.15 bits per heavy atom. The van der Waals surface area contributed by atoms with Gasteiger partial charge in [-0.15, -0.1) is 0 Å². The molecule has 0 radical (unpaired) electrons. The zero-order chi connectivity index (χ0) is 17.9. The van der Waals surface area contributed by atoms with E-state index in [1.165, 1.54) is 5.56 Å². The van der Waals surface area contributed by atoms with Crippen molar-refractivity contribution in [2.45, 2.75) is 32.4 Å². The van der Waals surface area contributed by atoms with E-state index in [2.05, 4.69) is 34.9 Å². The fraction of sp³-hybridized carbons (Fsp3) is 0.273. The molecule has 0 saturated carbocycles. The van der Waals surface area contributed by atoms with Gasteiger partial charge in [-0.1, -0.05) is 54.6 Å². The number of hydrogen-bond donors (Lipinski definition) is 0. The molecule has 3 aromatic rings. The van der Waals surface area contributed by atoms with Crippen LogP contribution in [0.3, 0.4) is 0 Å². The maximum absolute atomic E-state index is 12.0. The van der Waals surface area contributed by atoms with Gasteiger partial charge in [-0.3, -0.25) is 4.79 Å². The molecule has 1 amide bonds. The molecule has 132 valence electrons. The number of para-hydroxylation sites is 2. The molecule has 2 heterocycles. The normalized spacial score (nSPS) is 17.4. The first-order chi connectivity index (χ1) is 12.7. The summed E-state index contributed by atoms with van der Waals surface area (Å²) in [5.41, 5.74) is 3.30. The van der Waals surface area contributed by atoms with Gasteiger partial charge in [0.25, 0.3) is 0 Å². The van der Waals surface area contributed by atoms with Crippen LogP contribution in [0, 0.1) is 0 Å². The zero-order valence-corrected chi connectivity index (χ0v) is 15.0. The van der Waals surface area contributed by atoms with Crippen molar-refractivity contribution in [1.29, 1.82) is 0 Å². The van der Waals surface area contributed by atoms with E-state index < -0.39 is 0 Å². The lowest BCUT2D eigenvalue weighted by Crippen LogP contribution is -2.29. The average Bonchev–Trinajstić information content (AvgIpc) is 3.27. The predicted molar refractivity (Wildman–Crippen MR) is 105 cm³/mol. The lowest BCUT2D eigenvalue weighted by atomic mass is 10.2. The highest BCUT2D eigenvalue weighted by atomic mass is 16.2. The molecule has 0 aliphatic carbocycles. The maximum Gasteiger partial charge on any atom is 0.220 e. The van der Waals surface area contributed by atoms with Gasteiger partial charge in [0, 0.05) is 20.0 Å². The Labute approximate surface area is 153 Å². The molecule has 26 heavy (non-hydrogen) atoms. The lowest BCUT2D eigenvalue weighted by molar-refractivity contribution is -0.129. The first-order valence-corrected chi connectivity index (χ1v) is 9.18. The second kappa shape index (κ2) is 7.16. The van der Waals surface area contributed by atoms with Crippen LogP contribution in [0.15, 0.2) is 60.7 Å². The summed E-state index contributed by atoms with van der Waals surface area (Å²) in [7, 11) is 0. The van der Waals surface area contributed by atoms with Crippen LogP contribution in [-0.2, 0) is 11.3 Å². The van der Waals surface area contributed by atoms with Crippen LogP contribution in [-0.4, -0.2) is 26.9 Å². The number of benzene rings is 2. The lowest BCUT2D eigenvalue weighted by Gasteiger charge is -2.23. The highest BCUT2D eigenvalue weighted by molar-refractivity contribution is 5.77. The van der Waals surface area contributed by atoms with Gasteiger partial charge in [0.1, 0.15) is 5.82 Å². The van der Waals surface area contributed by atoms with E-state index in [9.17, 15) is 4.79 Å².